The molecule has 0 aliphatic heterocycles. The molecule has 14 heavy (non-hydrogen) atoms. The Hall–Kier alpha value is -1.30. The predicted octanol–water partition coefficient (Wildman–Crippen LogP) is 2.87. The van der Waals surface area contributed by atoms with E-state index in [9.17, 15) is 0 Å². The maximum atomic E-state index is 8.71. The SMILES string of the molecule is CCC(CC#N)n1ccnc1C(C)C. The van der Waals surface area contributed by atoms with E-state index in [1.165, 1.54) is 0 Å². The molecule has 1 unspecified atom stereocenters. The van der Waals surface area contributed by atoms with Crippen molar-refractivity contribution in [3.63, 3.8) is 0 Å². The van der Waals surface area contributed by atoms with Crippen molar-refractivity contribution in [2.75, 3.05) is 0 Å². The van der Waals surface area contributed by atoms with Crippen molar-refractivity contribution < 1.29 is 0 Å². The lowest BCUT2D eigenvalue weighted by molar-refractivity contribution is 0.468. The van der Waals surface area contributed by atoms with Crippen LogP contribution in [-0.4, -0.2) is 9.55 Å². The summed E-state index contributed by atoms with van der Waals surface area (Å²) in [7, 11) is 0. The highest BCUT2D eigenvalue weighted by atomic mass is 15.1. The summed E-state index contributed by atoms with van der Waals surface area (Å²) in [5, 5.41) is 8.71. The van der Waals surface area contributed by atoms with Gasteiger partial charge in [0.05, 0.1) is 12.5 Å². The van der Waals surface area contributed by atoms with Crippen LogP contribution in [-0.2, 0) is 0 Å². The second-order valence-corrected chi connectivity index (χ2v) is 3.77. The number of nitriles is 1. The molecular weight excluding hydrogens is 174 g/mol. The van der Waals surface area contributed by atoms with Gasteiger partial charge in [-0.25, -0.2) is 4.98 Å². The molecule has 0 aliphatic rings. The third kappa shape index (κ3) is 2.14. The average Bonchev–Trinajstić information content (AvgIpc) is 2.62. The molecule has 1 aromatic heterocycles. The van der Waals surface area contributed by atoms with E-state index in [1.54, 1.807) is 0 Å². The van der Waals surface area contributed by atoms with Crippen LogP contribution < -0.4 is 0 Å². The highest BCUT2D eigenvalue weighted by molar-refractivity contribution is 5.01. The molecule has 1 aromatic rings. The minimum atomic E-state index is 0.278. The van der Waals surface area contributed by atoms with Crippen LogP contribution in [0.5, 0.6) is 0 Å². The lowest BCUT2D eigenvalue weighted by atomic mass is 10.1. The monoisotopic (exact) mass is 191 g/mol. The number of nitrogens with zero attached hydrogens (tertiary/aromatic N) is 3. The Kier molecular flexibility index (Phi) is 3.70. The number of aromatic nitrogens is 2. The van der Waals surface area contributed by atoms with Gasteiger partial charge in [-0.05, 0) is 6.42 Å². The van der Waals surface area contributed by atoms with Gasteiger partial charge in [0, 0.05) is 24.4 Å². The fourth-order valence-electron chi connectivity index (χ4n) is 1.63. The fraction of sp³-hybridized carbons (Fsp3) is 0.636. The molecule has 0 radical (unpaired) electrons. The molecular formula is C11H17N3. The topological polar surface area (TPSA) is 41.6 Å². The summed E-state index contributed by atoms with van der Waals surface area (Å²) < 4.78 is 2.13. The van der Waals surface area contributed by atoms with Gasteiger partial charge in [0.2, 0.25) is 0 Å². The summed E-state index contributed by atoms with van der Waals surface area (Å²) in [6, 6.07) is 2.50. The van der Waals surface area contributed by atoms with E-state index >= 15 is 0 Å². The minimum absolute atomic E-state index is 0.278. The molecule has 0 spiro atoms. The smallest absolute Gasteiger partial charge is 0.111 e. The number of hydrogen-bond donors (Lipinski definition) is 0. The van der Waals surface area contributed by atoms with Crippen LogP contribution in [0, 0.1) is 11.3 Å². The summed E-state index contributed by atoms with van der Waals surface area (Å²) in [5.41, 5.74) is 0. The van der Waals surface area contributed by atoms with E-state index in [-0.39, 0.29) is 6.04 Å². The molecule has 0 aliphatic carbocycles. The molecule has 1 atom stereocenters. The molecule has 1 rings (SSSR count). The Morgan fingerprint density at radius 2 is 2.29 bits per heavy atom. The molecule has 0 saturated heterocycles. The summed E-state index contributed by atoms with van der Waals surface area (Å²) in [6.07, 6.45) is 5.33. The molecule has 0 fully saturated rings. The van der Waals surface area contributed by atoms with Crippen molar-refractivity contribution in [1.29, 1.82) is 5.26 Å². The maximum absolute atomic E-state index is 8.71. The summed E-state index contributed by atoms with van der Waals surface area (Å²) in [5.74, 6) is 1.49. The highest BCUT2D eigenvalue weighted by Crippen LogP contribution is 2.21. The van der Waals surface area contributed by atoms with E-state index in [0.717, 1.165) is 12.2 Å². The first-order chi connectivity index (χ1) is 6.70. The summed E-state index contributed by atoms with van der Waals surface area (Å²) in [4.78, 5) is 4.32. The van der Waals surface area contributed by atoms with Crippen molar-refractivity contribution >= 4 is 0 Å². The van der Waals surface area contributed by atoms with Crippen LogP contribution in [0.15, 0.2) is 12.4 Å². The number of hydrogen-bond acceptors (Lipinski definition) is 2. The second-order valence-electron chi connectivity index (χ2n) is 3.77. The number of rotatable bonds is 4. The van der Waals surface area contributed by atoms with Crippen molar-refractivity contribution in [2.24, 2.45) is 0 Å². The molecule has 0 amide bonds. The Bertz CT molecular complexity index is 320. The number of imidazole rings is 1. The van der Waals surface area contributed by atoms with E-state index < -0.39 is 0 Å². The van der Waals surface area contributed by atoms with Crippen LogP contribution in [0.3, 0.4) is 0 Å². The molecule has 1 heterocycles. The van der Waals surface area contributed by atoms with Gasteiger partial charge in [-0.2, -0.15) is 5.26 Å². The Morgan fingerprint density at radius 1 is 1.57 bits per heavy atom. The zero-order valence-corrected chi connectivity index (χ0v) is 9.07. The van der Waals surface area contributed by atoms with Gasteiger partial charge in [0.1, 0.15) is 5.82 Å². The third-order valence-corrected chi connectivity index (χ3v) is 2.41. The van der Waals surface area contributed by atoms with Gasteiger partial charge in [0.25, 0.3) is 0 Å². The molecule has 0 saturated carbocycles. The van der Waals surface area contributed by atoms with Gasteiger partial charge in [-0.3, -0.25) is 0 Å². The minimum Gasteiger partial charge on any atom is -0.331 e. The van der Waals surface area contributed by atoms with Crippen LogP contribution in [0.1, 0.15) is 51.4 Å². The van der Waals surface area contributed by atoms with Crippen LogP contribution in [0.25, 0.3) is 0 Å². The lowest BCUT2D eigenvalue weighted by Gasteiger charge is -2.17. The first-order valence-corrected chi connectivity index (χ1v) is 5.10. The van der Waals surface area contributed by atoms with Gasteiger partial charge in [-0.1, -0.05) is 20.8 Å². The molecule has 3 nitrogen and oxygen atoms in total. The van der Waals surface area contributed by atoms with Gasteiger partial charge in [0.15, 0.2) is 0 Å². The van der Waals surface area contributed by atoms with E-state index in [0.29, 0.717) is 12.3 Å². The highest BCUT2D eigenvalue weighted by Gasteiger charge is 2.14. The van der Waals surface area contributed by atoms with Crippen LogP contribution in [0.4, 0.5) is 0 Å². The largest absolute Gasteiger partial charge is 0.331 e. The maximum Gasteiger partial charge on any atom is 0.111 e. The Balaban J connectivity index is 2.92. The predicted molar refractivity (Wildman–Crippen MR) is 55.9 cm³/mol. The van der Waals surface area contributed by atoms with E-state index in [4.69, 9.17) is 5.26 Å². The Labute approximate surface area is 85.4 Å². The van der Waals surface area contributed by atoms with Gasteiger partial charge < -0.3 is 4.57 Å². The first-order valence-electron chi connectivity index (χ1n) is 5.10. The first kappa shape index (κ1) is 10.8. The van der Waals surface area contributed by atoms with Gasteiger partial charge >= 0.3 is 0 Å². The summed E-state index contributed by atoms with van der Waals surface area (Å²) in [6.45, 7) is 6.35. The molecule has 0 bridgehead atoms. The van der Waals surface area contributed by atoms with Crippen molar-refractivity contribution in [3.05, 3.63) is 18.2 Å². The van der Waals surface area contributed by atoms with Crippen molar-refractivity contribution in [3.8, 4) is 6.07 Å². The third-order valence-electron chi connectivity index (χ3n) is 2.41. The Morgan fingerprint density at radius 3 is 2.79 bits per heavy atom. The second kappa shape index (κ2) is 4.80. The van der Waals surface area contributed by atoms with Crippen LogP contribution >= 0.6 is 0 Å². The standard InChI is InChI=1S/C11H17N3/c1-4-10(5-6-12)14-8-7-13-11(14)9(2)3/h7-10H,4-5H2,1-3H3. The fourth-order valence-corrected chi connectivity index (χ4v) is 1.63. The zero-order valence-electron chi connectivity index (χ0n) is 9.07. The molecule has 3 heteroatoms. The van der Waals surface area contributed by atoms with Crippen LogP contribution in [0.2, 0.25) is 0 Å². The summed E-state index contributed by atoms with van der Waals surface area (Å²) >= 11 is 0. The van der Waals surface area contributed by atoms with E-state index in [1.807, 2.05) is 12.4 Å². The van der Waals surface area contributed by atoms with E-state index in [2.05, 4.69) is 36.4 Å². The lowest BCUT2D eigenvalue weighted by Crippen LogP contribution is -2.11. The quantitative estimate of drug-likeness (QED) is 0.734. The van der Waals surface area contributed by atoms with Crippen molar-refractivity contribution in [1.82, 2.24) is 9.55 Å². The van der Waals surface area contributed by atoms with Crippen molar-refractivity contribution in [2.45, 2.75) is 45.6 Å². The normalized spacial score (nSPS) is 12.8. The van der Waals surface area contributed by atoms with Gasteiger partial charge in [-0.15, -0.1) is 0 Å². The zero-order chi connectivity index (χ0) is 10.6. The molecule has 0 N–H and O–H groups in total. The average molecular weight is 191 g/mol. The molecule has 0 aromatic carbocycles. The molecule has 76 valence electrons.